The van der Waals surface area contributed by atoms with Gasteiger partial charge in [0.25, 0.3) is 0 Å². The molecule has 1 aliphatic carbocycles. The minimum atomic E-state index is -3.66. The van der Waals surface area contributed by atoms with Crippen LogP contribution in [0.25, 0.3) is 0 Å². The number of ketones is 1. The Morgan fingerprint density at radius 1 is 1.32 bits per heavy atom. The molecule has 1 aromatic rings. The van der Waals surface area contributed by atoms with Gasteiger partial charge in [0, 0.05) is 18.8 Å². The molecule has 118 valence electrons. The van der Waals surface area contributed by atoms with E-state index in [9.17, 15) is 13.2 Å². The molecule has 2 unspecified atom stereocenters. The summed E-state index contributed by atoms with van der Waals surface area (Å²) < 4.78 is 26.0. The summed E-state index contributed by atoms with van der Waals surface area (Å²) >= 11 is 0. The Hall–Kier alpha value is -1.86. The molecule has 0 amide bonds. The third-order valence-corrected chi connectivity index (χ3v) is 6.09. The fourth-order valence-corrected chi connectivity index (χ4v) is 4.80. The van der Waals surface area contributed by atoms with E-state index in [-0.39, 0.29) is 23.0 Å². The van der Waals surface area contributed by atoms with Crippen LogP contribution in [0.15, 0.2) is 47.2 Å². The van der Waals surface area contributed by atoms with Crippen LogP contribution in [-0.4, -0.2) is 24.7 Å². The molecule has 0 spiro atoms. The van der Waals surface area contributed by atoms with E-state index in [2.05, 4.69) is 5.43 Å². The van der Waals surface area contributed by atoms with Gasteiger partial charge in [-0.3, -0.25) is 10.2 Å². The molecular formula is C15H18N2O4S. The van der Waals surface area contributed by atoms with Crippen LogP contribution in [0.3, 0.4) is 0 Å². The molecule has 7 heteroatoms. The summed E-state index contributed by atoms with van der Waals surface area (Å²) in [7, 11) is -3.66. The summed E-state index contributed by atoms with van der Waals surface area (Å²) in [6, 6.07) is 8.27. The van der Waals surface area contributed by atoms with E-state index in [0.717, 1.165) is 0 Å². The number of sulfone groups is 1. The van der Waals surface area contributed by atoms with Crippen molar-refractivity contribution in [2.24, 2.45) is 5.92 Å². The second kappa shape index (κ2) is 5.73. The monoisotopic (exact) mass is 322 g/mol. The number of hydrazine groups is 1. The summed E-state index contributed by atoms with van der Waals surface area (Å²) in [6.45, 7) is 1.74. The van der Waals surface area contributed by atoms with Gasteiger partial charge in [-0.2, -0.15) is 0 Å². The van der Waals surface area contributed by atoms with Gasteiger partial charge in [0.1, 0.15) is 11.5 Å². The maximum atomic E-state index is 13.0. The first-order chi connectivity index (χ1) is 10.5. The highest BCUT2D eigenvalue weighted by molar-refractivity contribution is 7.92. The molecule has 2 atom stereocenters. The number of carbonyl (C=O) groups is 1. The quantitative estimate of drug-likeness (QED) is 0.910. The Morgan fingerprint density at radius 3 is 2.59 bits per heavy atom. The Labute approximate surface area is 129 Å². The number of benzene rings is 1. The molecule has 1 saturated carbocycles. The molecule has 0 aromatic heterocycles. The SMILES string of the molecule is CC1=CNN(C(C2CCC(=O)C2)S(=O)(=O)c2ccccc2)O1. The lowest BCUT2D eigenvalue weighted by molar-refractivity contribution is -0.148. The molecule has 0 saturated heterocycles. The largest absolute Gasteiger partial charge is 0.388 e. The highest BCUT2D eigenvalue weighted by Gasteiger charge is 2.45. The zero-order valence-electron chi connectivity index (χ0n) is 12.2. The van der Waals surface area contributed by atoms with Crippen LogP contribution in [0.4, 0.5) is 0 Å². The van der Waals surface area contributed by atoms with Gasteiger partial charge in [0.15, 0.2) is 15.2 Å². The van der Waals surface area contributed by atoms with Gasteiger partial charge < -0.3 is 4.84 Å². The lowest BCUT2D eigenvalue weighted by Crippen LogP contribution is -2.48. The highest BCUT2D eigenvalue weighted by Crippen LogP contribution is 2.34. The number of carbonyl (C=O) groups excluding carboxylic acids is 1. The smallest absolute Gasteiger partial charge is 0.200 e. The molecular weight excluding hydrogens is 304 g/mol. The minimum absolute atomic E-state index is 0.0992. The molecule has 1 fully saturated rings. The summed E-state index contributed by atoms with van der Waals surface area (Å²) in [5.41, 5.74) is 2.83. The van der Waals surface area contributed by atoms with E-state index in [1.54, 1.807) is 43.5 Å². The number of hydrogen-bond acceptors (Lipinski definition) is 6. The van der Waals surface area contributed by atoms with Gasteiger partial charge in [-0.25, -0.2) is 8.42 Å². The zero-order valence-corrected chi connectivity index (χ0v) is 13.0. The van der Waals surface area contributed by atoms with Crippen molar-refractivity contribution in [1.29, 1.82) is 0 Å². The topological polar surface area (TPSA) is 75.7 Å². The van der Waals surface area contributed by atoms with Crippen LogP contribution in [0.1, 0.15) is 26.2 Å². The number of nitrogens with zero attached hydrogens (tertiary/aromatic N) is 1. The fraction of sp³-hybridized carbons (Fsp3) is 0.400. The minimum Gasteiger partial charge on any atom is -0.388 e. The summed E-state index contributed by atoms with van der Waals surface area (Å²) in [5.74, 6) is 0.393. The number of nitrogens with one attached hydrogen (secondary N) is 1. The van der Waals surface area contributed by atoms with Crippen molar-refractivity contribution in [2.75, 3.05) is 0 Å². The number of rotatable bonds is 4. The Kier molecular flexibility index (Phi) is 3.92. The van der Waals surface area contributed by atoms with E-state index in [1.807, 2.05) is 0 Å². The second-order valence-electron chi connectivity index (χ2n) is 5.59. The Balaban J connectivity index is 1.96. The lowest BCUT2D eigenvalue weighted by Gasteiger charge is -2.30. The average Bonchev–Trinajstić information content (AvgIpc) is 3.09. The molecule has 1 aromatic carbocycles. The fourth-order valence-electron chi connectivity index (χ4n) is 2.89. The number of allylic oxidation sites excluding steroid dienone is 1. The van der Waals surface area contributed by atoms with Gasteiger partial charge >= 0.3 is 0 Å². The normalized spacial score (nSPS) is 23.8. The van der Waals surface area contributed by atoms with Crippen molar-refractivity contribution in [3.8, 4) is 0 Å². The predicted molar refractivity (Wildman–Crippen MR) is 79.6 cm³/mol. The van der Waals surface area contributed by atoms with Gasteiger partial charge in [-0.15, -0.1) is 0 Å². The summed E-state index contributed by atoms with van der Waals surface area (Å²) in [6.07, 6.45) is 2.84. The summed E-state index contributed by atoms with van der Waals surface area (Å²) in [4.78, 5) is 17.3. The van der Waals surface area contributed by atoms with Crippen molar-refractivity contribution < 1.29 is 18.0 Å². The van der Waals surface area contributed by atoms with Gasteiger partial charge in [0.05, 0.1) is 11.1 Å². The van der Waals surface area contributed by atoms with Crippen LogP contribution in [0, 0.1) is 5.92 Å². The molecule has 22 heavy (non-hydrogen) atoms. The molecule has 0 bridgehead atoms. The standard InChI is InChI=1S/C15H18N2O4S/c1-11-10-16-17(21-11)15(12-7-8-13(18)9-12)22(19,20)14-5-3-2-4-6-14/h2-6,10,12,15-16H,7-9H2,1H3. The first-order valence-electron chi connectivity index (χ1n) is 7.19. The van der Waals surface area contributed by atoms with Crippen molar-refractivity contribution in [1.82, 2.24) is 10.6 Å². The van der Waals surface area contributed by atoms with Crippen LogP contribution in [-0.2, 0) is 19.5 Å². The van der Waals surface area contributed by atoms with Crippen molar-refractivity contribution in [2.45, 2.75) is 36.5 Å². The van der Waals surface area contributed by atoms with Crippen molar-refractivity contribution in [3.05, 3.63) is 42.3 Å². The molecule has 6 nitrogen and oxygen atoms in total. The first-order valence-corrected chi connectivity index (χ1v) is 8.74. The Morgan fingerprint density at radius 2 is 2.05 bits per heavy atom. The van der Waals surface area contributed by atoms with E-state index in [0.29, 0.717) is 18.6 Å². The van der Waals surface area contributed by atoms with E-state index >= 15 is 0 Å². The molecule has 2 aliphatic rings. The lowest BCUT2D eigenvalue weighted by atomic mass is 10.1. The van der Waals surface area contributed by atoms with Crippen LogP contribution in [0.2, 0.25) is 0 Å². The van der Waals surface area contributed by atoms with Crippen LogP contribution >= 0.6 is 0 Å². The van der Waals surface area contributed by atoms with Crippen LogP contribution in [0.5, 0.6) is 0 Å². The second-order valence-corrected chi connectivity index (χ2v) is 7.64. The highest BCUT2D eigenvalue weighted by atomic mass is 32.2. The van der Waals surface area contributed by atoms with Crippen LogP contribution < -0.4 is 5.43 Å². The number of hydroxylamine groups is 1. The van der Waals surface area contributed by atoms with E-state index in [1.165, 1.54) is 5.17 Å². The predicted octanol–water partition coefficient (Wildman–Crippen LogP) is 1.77. The summed E-state index contributed by atoms with van der Waals surface area (Å²) in [5, 5.41) is 0.316. The Bertz CT molecular complexity index is 700. The van der Waals surface area contributed by atoms with E-state index < -0.39 is 15.2 Å². The van der Waals surface area contributed by atoms with Gasteiger partial charge in [0.2, 0.25) is 0 Å². The first kappa shape index (κ1) is 15.1. The maximum Gasteiger partial charge on any atom is 0.200 e. The van der Waals surface area contributed by atoms with E-state index in [4.69, 9.17) is 4.84 Å². The molecule has 3 rings (SSSR count). The maximum absolute atomic E-state index is 13.0. The average molecular weight is 322 g/mol. The van der Waals surface area contributed by atoms with Crippen molar-refractivity contribution >= 4 is 15.6 Å². The van der Waals surface area contributed by atoms with Crippen molar-refractivity contribution in [3.63, 3.8) is 0 Å². The molecule has 0 radical (unpaired) electrons. The third-order valence-electron chi connectivity index (χ3n) is 3.95. The molecule has 1 heterocycles. The third kappa shape index (κ3) is 2.74. The molecule has 1 N–H and O–H groups in total. The molecule has 1 aliphatic heterocycles. The van der Waals surface area contributed by atoms with Gasteiger partial charge in [-0.1, -0.05) is 18.2 Å². The number of Topliss-reactive ketones (excluding diaryl/α,β-unsaturated/α-hetero) is 1. The van der Waals surface area contributed by atoms with Gasteiger partial charge in [-0.05, 0) is 30.6 Å². The zero-order chi connectivity index (χ0) is 15.7. The number of hydrogen-bond donors (Lipinski definition) is 1.